The molecule has 2 aromatic carbocycles. The topological polar surface area (TPSA) is 97.0 Å². The van der Waals surface area contributed by atoms with Gasteiger partial charge in [-0.1, -0.05) is 0 Å². The van der Waals surface area contributed by atoms with E-state index in [9.17, 15) is 18.8 Å². The maximum absolute atomic E-state index is 12.9. The Balaban J connectivity index is 1.36. The van der Waals surface area contributed by atoms with Crippen LogP contribution in [0.2, 0.25) is 0 Å². The number of ether oxygens (including phenoxy) is 2. The van der Waals surface area contributed by atoms with Gasteiger partial charge in [0.05, 0.1) is 5.92 Å². The van der Waals surface area contributed by atoms with Crippen LogP contribution in [0.25, 0.3) is 0 Å². The molecule has 3 amide bonds. The molecule has 2 aliphatic heterocycles. The molecular formula is C20H18FN3O5. The van der Waals surface area contributed by atoms with Gasteiger partial charge in [0.25, 0.3) is 5.91 Å². The first-order valence-corrected chi connectivity index (χ1v) is 9.07. The summed E-state index contributed by atoms with van der Waals surface area (Å²) in [5.41, 5.74) is 5.42. The van der Waals surface area contributed by atoms with E-state index in [1.165, 1.54) is 17.0 Å². The second-order valence-electron chi connectivity index (χ2n) is 6.68. The smallest absolute Gasteiger partial charge is 0.269 e. The minimum Gasteiger partial charge on any atom is -0.486 e. The average Bonchev–Trinajstić information content (AvgIpc) is 3.13. The lowest BCUT2D eigenvalue weighted by Crippen LogP contribution is -2.45. The lowest BCUT2D eigenvalue weighted by Gasteiger charge is -2.22. The van der Waals surface area contributed by atoms with Crippen LogP contribution >= 0.6 is 0 Å². The highest BCUT2D eigenvalue weighted by molar-refractivity contribution is 6.01. The van der Waals surface area contributed by atoms with E-state index in [-0.39, 0.29) is 24.4 Å². The van der Waals surface area contributed by atoms with Gasteiger partial charge in [0.15, 0.2) is 11.5 Å². The van der Waals surface area contributed by atoms with Crippen molar-refractivity contribution in [2.75, 3.05) is 24.7 Å². The zero-order valence-corrected chi connectivity index (χ0v) is 15.3. The van der Waals surface area contributed by atoms with E-state index in [2.05, 4.69) is 10.9 Å². The number of nitrogens with one attached hydrogen (secondary N) is 2. The van der Waals surface area contributed by atoms with Crippen LogP contribution in [0.4, 0.5) is 10.1 Å². The molecule has 1 fully saturated rings. The molecule has 0 aliphatic carbocycles. The SMILES string of the molecule is O=C(NNC(=O)[C@@H]1CC(=O)N(c2ccc3c(c2)OCCO3)C1)c1ccc(F)cc1. The first-order valence-electron chi connectivity index (χ1n) is 9.07. The van der Waals surface area contributed by atoms with Crippen molar-refractivity contribution < 1.29 is 28.2 Å². The zero-order valence-electron chi connectivity index (χ0n) is 15.3. The largest absolute Gasteiger partial charge is 0.486 e. The van der Waals surface area contributed by atoms with Gasteiger partial charge in [0.2, 0.25) is 11.8 Å². The van der Waals surface area contributed by atoms with Crippen LogP contribution in [-0.4, -0.2) is 37.5 Å². The molecule has 9 heteroatoms. The third-order valence-electron chi connectivity index (χ3n) is 4.74. The van der Waals surface area contributed by atoms with Crippen LogP contribution < -0.4 is 25.2 Å². The number of halogens is 1. The van der Waals surface area contributed by atoms with Gasteiger partial charge in [-0.05, 0) is 36.4 Å². The van der Waals surface area contributed by atoms with Crippen molar-refractivity contribution in [2.45, 2.75) is 6.42 Å². The van der Waals surface area contributed by atoms with Crippen molar-refractivity contribution in [3.8, 4) is 11.5 Å². The molecule has 150 valence electrons. The number of hydrazine groups is 1. The standard InChI is InChI=1S/C20H18FN3O5/c21-14-3-1-12(2-4-14)19(26)22-23-20(27)13-9-18(25)24(11-13)15-5-6-16-17(10-15)29-8-7-28-16/h1-6,10,13H,7-9,11H2,(H,22,26)(H,23,27)/t13-/m1/s1. The third kappa shape index (κ3) is 3.98. The monoisotopic (exact) mass is 399 g/mol. The molecule has 1 saturated heterocycles. The average molecular weight is 399 g/mol. The quantitative estimate of drug-likeness (QED) is 0.761. The van der Waals surface area contributed by atoms with Gasteiger partial charge in [-0.25, -0.2) is 4.39 Å². The maximum atomic E-state index is 12.9. The number of hydrogen-bond acceptors (Lipinski definition) is 5. The predicted octanol–water partition coefficient (Wildman–Crippen LogP) is 1.41. The molecule has 0 saturated carbocycles. The Bertz CT molecular complexity index is 963. The number of fused-ring (bicyclic) bond motifs is 1. The number of amides is 3. The van der Waals surface area contributed by atoms with Gasteiger partial charge in [-0.15, -0.1) is 0 Å². The minimum atomic E-state index is -0.621. The number of carbonyl (C=O) groups is 3. The molecule has 29 heavy (non-hydrogen) atoms. The van der Waals surface area contributed by atoms with Crippen LogP contribution in [0.5, 0.6) is 11.5 Å². The summed E-state index contributed by atoms with van der Waals surface area (Å²) in [5, 5.41) is 0. The second kappa shape index (κ2) is 7.78. The van der Waals surface area contributed by atoms with E-state index < -0.39 is 23.5 Å². The fraction of sp³-hybridized carbons (Fsp3) is 0.250. The molecule has 0 bridgehead atoms. The summed E-state index contributed by atoms with van der Waals surface area (Å²) in [7, 11) is 0. The number of anilines is 1. The summed E-state index contributed by atoms with van der Waals surface area (Å²) >= 11 is 0. The Morgan fingerprint density at radius 2 is 1.72 bits per heavy atom. The molecule has 2 heterocycles. The summed E-state index contributed by atoms with van der Waals surface area (Å²) < 4.78 is 23.9. The first-order chi connectivity index (χ1) is 14.0. The highest BCUT2D eigenvalue weighted by Crippen LogP contribution is 2.35. The van der Waals surface area contributed by atoms with Crippen molar-refractivity contribution in [1.29, 1.82) is 0 Å². The molecule has 0 aromatic heterocycles. The van der Waals surface area contributed by atoms with Crippen LogP contribution in [0.15, 0.2) is 42.5 Å². The lowest BCUT2D eigenvalue weighted by molar-refractivity contribution is -0.126. The van der Waals surface area contributed by atoms with Crippen LogP contribution in [0.3, 0.4) is 0 Å². The Kier molecular flexibility index (Phi) is 5.03. The summed E-state index contributed by atoms with van der Waals surface area (Å²) in [6.45, 7) is 1.08. The number of benzene rings is 2. The third-order valence-corrected chi connectivity index (χ3v) is 4.74. The van der Waals surface area contributed by atoms with Crippen molar-refractivity contribution in [1.82, 2.24) is 10.9 Å². The molecule has 2 aromatic rings. The zero-order chi connectivity index (χ0) is 20.4. The van der Waals surface area contributed by atoms with E-state index >= 15 is 0 Å². The molecule has 1 atom stereocenters. The molecule has 4 rings (SSSR count). The lowest BCUT2D eigenvalue weighted by atomic mass is 10.1. The molecule has 8 nitrogen and oxygen atoms in total. The summed E-state index contributed by atoms with van der Waals surface area (Å²) in [6.07, 6.45) is 0.0205. The summed E-state index contributed by atoms with van der Waals surface area (Å²) in [5.74, 6) is -1.17. The van der Waals surface area contributed by atoms with Crippen LogP contribution in [0, 0.1) is 11.7 Å². The molecule has 0 unspecified atom stereocenters. The fourth-order valence-corrected chi connectivity index (χ4v) is 3.23. The van der Waals surface area contributed by atoms with E-state index in [4.69, 9.17) is 9.47 Å². The van der Waals surface area contributed by atoms with E-state index in [0.29, 0.717) is 30.4 Å². The van der Waals surface area contributed by atoms with Gasteiger partial charge in [-0.2, -0.15) is 0 Å². The van der Waals surface area contributed by atoms with Crippen LogP contribution in [0.1, 0.15) is 16.8 Å². The summed E-state index contributed by atoms with van der Waals surface area (Å²) in [6, 6.07) is 10.1. The van der Waals surface area contributed by atoms with E-state index in [1.807, 2.05) is 0 Å². The van der Waals surface area contributed by atoms with Gasteiger partial charge in [-0.3, -0.25) is 25.2 Å². The van der Waals surface area contributed by atoms with Gasteiger partial charge in [0.1, 0.15) is 19.0 Å². The van der Waals surface area contributed by atoms with E-state index in [1.54, 1.807) is 18.2 Å². The highest BCUT2D eigenvalue weighted by atomic mass is 19.1. The van der Waals surface area contributed by atoms with Crippen molar-refractivity contribution in [3.63, 3.8) is 0 Å². The fourth-order valence-electron chi connectivity index (χ4n) is 3.23. The van der Waals surface area contributed by atoms with Gasteiger partial charge >= 0.3 is 0 Å². The van der Waals surface area contributed by atoms with Crippen LogP contribution in [-0.2, 0) is 9.59 Å². The second-order valence-corrected chi connectivity index (χ2v) is 6.68. The number of rotatable bonds is 3. The number of hydrogen-bond donors (Lipinski definition) is 2. The Hall–Kier alpha value is -3.62. The van der Waals surface area contributed by atoms with Crippen molar-refractivity contribution in [2.24, 2.45) is 5.92 Å². The Morgan fingerprint density at radius 1 is 1.00 bits per heavy atom. The maximum Gasteiger partial charge on any atom is 0.269 e. The molecular weight excluding hydrogens is 381 g/mol. The number of nitrogens with zero attached hydrogens (tertiary/aromatic N) is 1. The Labute approximate surface area is 165 Å². The Morgan fingerprint density at radius 3 is 2.48 bits per heavy atom. The molecule has 0 radical (unpaired) electrons. The number of carbonyl (C=O) groups excluding carboxylic acids is 3. The van der Waals surface area contributed by atoms with Crippen molar-refractivity contribution in [3.05, 3.63) is 53.8 Å². The van der Waals surface area contributed by atoms with Gasteiger partial charge < -0.3 is 14.4 Å². The highest BCUT2D eigenvalue weighted by Gasteiger charge is 2.35. The molecule has 2 N–H and O–H groups in total. The first kappa shape index (κ1) is 18.7. The molecule has 0 spiro atoms. The normalized spacial score (nSPS) is 17.8. The van der Waals surface area contributed by atoms with Gasteiger partial charge in [0, 0.05) is 30.3 Å². The summed E-state index contributed by atoms with van der Waals surface area (Å²) in [4.78, 5) is 38.3. The minimum absolute atomic E-state index is 0.0205. The van der Waals surface area contributed by atoms with Crippen molar-refractivity contribution >= 4 is 23.4 Å². The molecule has 2 aliphatic rings. The predicted molar refractivity (Wildman–Crippen MR) is 99.9 cm³/mol. The van der Waals surface area contributed by atoms with E-state index in [0.717, 1.165) is 12.1 Å².